The van der Waals surface area contributed by atoms with Crippen molar-refractivity contribution < 1.29 is 18.1 Å². The molecule has 1 aromatic carbocycles. The Balaban J connectivity index is 2.44. The zero-order valence-corrected chi connectivity index (χ0v) is 11.4. The van der Waals surface area contributed by atoms with Crippen LogP contribution in [0.25, 0.3) is 6.08 Å². The predicted molar refractivity (Wildman–Crippen MR) is 68.8 cm³/mol. The highest BCUT2D eigenvalue weighted by molar-refractivity contribution is 9.10. The van der Waals surface area contributed by atoms with Crippen LogP contribution in [0, 0.1) is 0 Å². The molecule has 0 aliphatic rings. The number of carbonyl (C=O) groups excluding carboxylic acids is 1. The van der Waals surface area contributed by atoms with E-state index in [1.807, 2.05) is 0 Å². The number of ether oxygens (including phenoxy) is 1. The predicted octanol–water partition coefficient (Wildman–Crippen LogP) is 3.55. The molecule has 17 heavy (non-hydrogen) atoms. The maximum Gasteiger partial charge on any atom is 0.319 e. The minimum atomic E-state index is -0.763. The molecule has 0 aromatic heterocycles. The standard InChI is InChI=1S/C11H10BrFO3S/c1-15-11(14)7-17-16-10(13)6-8-2-4-9(12)5-3-8/h2-6H,7H2,1H3/b10-6+. The second-order valence-electron chi connectivity index (χ2n) is 2.92. The summed E-state index contributed by atoms with van der Waals surface area (Å²) in [6.45, 7) is 0. The molecule has 0 amide bonds. The van der Waals surface area contributed by atoms with Crippen molar-refractivity contribution >= 4 is 40.0 Å². The third-order valence-electron chi connectivity index (χ3n) is 1.69. The molecular formula is C11H10BrFO3S. The topological polar surface area (TPSA) is 35.5 Å². The second-order valence-corrected chi connectivity index (χ2v) is 4.53. The molecular weight excluding hydrogens is 311 g/mol. The fourth-order valence-corrected chi connectivity index (χ4v) is 1.60. The van der Waals surface area contributed by atoms with E-state index in [1.54, 1.807) is 24.3 Å². The van der Waals surface area contributed by atoms with E-state index in [-0.39, 0.29) is 5.75 Å². The summed E-state index contributed by atoms with van der Waals surface area (Å²) in [5.74, 6) is -0.524. The van der Waals surface area contributed by atoms with E-state index in [4.69, 9.17) is 0 Å². The molecule has 0 unspecified atom stereocenters. The van der Waals surface area contributed by atoms with Crippen molar-refractivity contribution in [3.8, 4) is 0 Å². The van der Waals surface area contributed by atoms with Crippen molar-refractivity contribution in [2.24, 2.45) is 0 Å². The van der Waals surface area contributed by atoms with Crippen LogP contribution in [0.1, 0.15) is 5.56 Å². The highest BCUT2D eigenvalue weighted by Crippen LogP contribution is 2.17. The van der Waals surface area contributed by atoms with Gasteiger partial charge in [-0.05, 0) is 17.7 Å². The van der Waals surface area contributed by atoms with Gasteiger partial charge in [0.15, 0.2) is 0 Å². The first-order valence-corrected chi connectivity index (χ1v) is 6.31. The van der Waals surface area contributed by atoms with E-state index >= 15 is 0 Å². The molecule has 0 bridgehead atoms. The number of benzene rings is 1. The molecule has 0 aliphatic heterocycles. The van der Waals surface area contributed by atoms with Crippen molar-refractivity contribution in [3.05, 3.63) is 40.3 Å². The summed E-state index contributed by atoms with van der Waals surface area (Å²) in [7, 11) is 1.26. The van der Waals surface area contributed by atoms with Crippen molar-refractivity contribution in [1.29, 1.82) is 0 Å². The number of hydrogen-bond donors (Lipinski definition) is 0. The van der Waals surface area contributed by atoms with Gasteiger partial charge in [-0.1, -0.05) is 28.1 Å². The Morgan fingerprint density at radius 1 is 1.47 bits per heavy atom. The summed E-state index contributed by atoms with van der Waals surface area (Å²) in [5, 5.41) is 0. The minimum Gasteiger partial charge on any atom is -0.468 e. The highest BCUT2D eigenvalue weighted by atomic mass is 79.9. The van der Waals surface area contributed by atoms with Gasteiger partial charge in [-0.25, -0.2) is 0 Å². The van der Waals surface area contributed by atoms with Crippen molar-refractivity contribution in [1.82, 2.24) is 0 Å². The van der Waals surface area contributed by atoms with Gasteiger partial charge >= 0.3 is 5.97 Å². The first-order valence-electron chi connectivity index (χ1n) is 4.61. The lowest BCUT2D eigenvalue weighted by molar-refractivity contribution is -0.137. The smallest absolute Gasteiger partial charge is 0.319 e. The normalized spacial score (nSPS) is 11.1. The number of halogens is 2. The first kappa shape index (κ1) is 14.1. The molecule has 3 nitrogen and oxygen atoms in total. The van der Waals surface area contributed by atoms with Gasteiger partial charge in [0, 0.05) is 10.5 Å². The summed E-state index contributed by atoms with van der Waals surface area (Å²) < 4.78 is 23.1. The molecule has 1 rings (SSSR count). The van der Waals surface area contributed by atoms with Gasteiger partial charge in [0.2, 0.25) is 0 Å². The fourth-order valence-electron chi connectivity index (χ4n) is 0.907. The Bertz CT molecular complexity index is 406. The minimum absolute atomic E-state index is 0.0574. The van der Waals surface area contributed by atoms with Crippen LogP contribution in [0.15, 0.2) is 34.8 Å². The molecule has 0 saturated heterocycles. The molecule has 0 saturated carbocycles. The van der Waals surface area contributed by atoms with Crippen LogP contribution in [0.2, 0.25) is 0 Å². The van der Waals surface area contributed by atoms with Crippen LogP contribution in [-0.2, 0) is 13.7 Å². The van der Waals surface area contributed by atoms with Crippen LogP contribution in [0.5, 0.6) is 0 Å². The quantitative estimate of drug-likeness (QED) is 0.472. The Kier molecular flexibility index (Phi) is 6.07. The van der Waals surface area contributed by atoms with Crippen LogP contribution < -0.4 is 0 Å². The van der Waals surface area contributed by atoms with Gasteiger partial charge < -0.3 is 8.92 Å². The monoisotopic (exact) mass is 320 g/mol. The maximum atomic E-state index is 13.2. The molecule has 0 aliphatic carbocycles. The molecule has 0 atom stereocenters. The van der Waals surface area contributed by atoms with Gasteiger partial charge in [-0.15, -0.1) is 0 Å². The molecule has 1 aromatic rings. The van der Waals surface area contributed by atoms with Gasteiger partial charge in [0.05, 0.1) is 19.2 Å². The Labute approximate surface area is 111 Å². The van der Waals surface area contributed by atoms with Gasteiger partial charge in [-0.3, -0.25) is 4.79 Å². The largest absolute Gasteiger partial charge is 0.468 e. The SMILES string of the molecule is COC(=O)CSO/C(F)=C/c1ccc(Br)cc1. The number of rotatable bonds is 5. The Hall–Kier alpha value is -1.01. The second kappa shape index (κ2) is 7.34. The Morgan fingerprint density at radius 2 is 2.12 bits per heavy atom. The molecule has 92 valence electrons. The van der Waals surface area contributed by atoms with E-state index in [0.29, 0.717) is 17.6 Å². The van der Waals surface area contributed by atoms with Gasteiger partial charge in [0.1, 0.15) is 5.75 Å². The van der Waals surface area contributed by atoms with Crippen molar-refractivity contribution in [3.63, 3.8) is 0 Å². The summed E-state index contributed by atoms with van der Waals surface area (Å²) in [6, 6.07) is 6.29. The lowest BCUT2D eigenvalue weighted by atomic mass is 10.2. The molecule has 6 heteroatoms. The van der Waals surface area contributed by atoms with E-state index in [9.17, 15) is 9.18 Å². The van der Waals surface area contributed by atoms with Crippen LogP contribution in [0.4, 0.5) is 4.39 Å². The van der Waals surface area contributed by atoms with Gasteiger partial charge in [0.25, 0.3) is 6.01 Å². The average molecular weight is 321 g/mol. The van der Waals surface area contributed by atoms with Crippen LogP contribution in [-0.4, -0.2) is 18.8 Å². The van der Waals surface area contributed by atoms with E-state index in [1.165, 1.54) is 13.2 Å². The van der Waals surface area contributed by atoms with Crippen LogP contribution >= 0.6 is 28.0 Å². The zero-order chi connectivity index (χ0) is 12.7. The number of esters is 1. The fraction of sp³-hybridized carbons (Fsp3) is 0.182. The lowest BCUT2D eigenvalue weighted by Crippen LogP contribution is -2.03. The van der Waals surface area contributed by atoms with E-state index in [0.717, 1.165) is 4.47 Å². The number of hydrogen-bond acceptors (Lipinski definition) is 4. The molecule has 0 heterocycles. The molecule has 0 spiro atoms. The lowest BCUT2D eigenvalue weighted by Gasteiger charge is -2.00. The Morgan fingerprint density at radius 3 is 2.71 bits per heavy atom. The first-order chi connectivity index (χ1) is 8.11. The summed E-state index contributed by atoms with van der Waals surface area (Å²) in [5.41, 5.74) is 0.671. The molecule has 0 radical (unpaired) electrons. The maximum absolute atomic E-state index is 13.2. The average Bonchev–Trinajstić information content (AvgIpc) is 2.32. The van der Waals surface area contributed by atoms with Crippen molar-refractivity contribution in [2.45, 2.75) is 0 Å². The summed E-state index contributed by atoms with van der Waals surface area (Å²) in [6.07, 6.45) is 1.23. The molecule has 0 fully saturated rings. The van der Waals surface area contributed by atoms with Crippen LogP contribution in [0.3, 0.4) is 0 Å². The summed E-state index contributed by atoms with van der Waals surface area (Å²) in [4.78, 5) is 10.7. The third-order valence-corrected chi connectivity index (χ3v) is 2.85. The number of methoxy groups -OCH3 is 1. The zero-order valence-electron chi connectivity index (χ0n) is 8.98. The molecule has 0 N–H and O–H groups in total. The third kappa shape index (κ3) is 5.74. The number of carbonyl (C=O) groups is 1. The summed E-state index contributed by atoms with van der Waals surface area (Å²) >= 11 is 3.97. The van der Waals surface area contributed by atoms with Crippen molar-refractivity contribution in [2.75, 3.05) is 12.9 Å². The highest BCUT2D eigenvalue weighted by Gasteiger charge is 2.03. The van der Waals surface area contributed by atoms with Gasteiger partial charge in [-0.2, -0.15) is 4.39 Å². The van der Waals surface area contributed by atoms with E-state index in [2.05, 4.69) is 24.8 Å². The van der Waals surface area contributed by atoms with E-state index < -0.39 is 12.0 Å².